The van der Waals surface area contributed by atoms with Gasteiger partial charge in [-0.1, -0.05) is 13.8 Å². The topological polar surface area (TPSA) is 78.7 Å². The van der Waals surface area contributed by atoms with Crippen LogP contribution in [0, 0.1) is 5.92 Å². The number of hydrazine groups is 1. The van der Waals surface area contributed by atoms with Crippen molar-refractivity contribution in [1.29, 1.82) is 0 Å². The summed E-state index contributed by atoms with van der Waals surface area (Å²) in [4.78, 5) is 27.6. The summed E-state index contributed by atoms with van der Waals surface area (Å²) >= 11 is 0. The Morgan fingerprint density at radius 3 is 2.78 bits per heavy atom. The Morgan fingerprint density at radius 2 is 2.17 bits per heavy atom. The van der Waals surface area contributed by atoms with Gasteiger partial charge in [-0.2, -0.15) is 0 Å². The predicted molar refractivity (Wildman–Crippen MR) is 67.3 cm³/mol. The number of carbonyl (C=O) groups is 2. The van der Waals surface area contributed by atoms with Crippen molar-refractivity contribution in [2.45, 2.75) is 38.8 Å². The molecular weight excluding hydrogens is 232 g/mol. The average Bonchev–Trinajstić information content (AvgIpc) is 2.70. The molecule has 3 N–H and O–H groups in total. The molecule has 2 aliphatic rings. The van der Waals surface area contributed by atoms with Crippen LogP contribution in [0.2, 0.25) is 0 Å². The Kier molecular flexibility index (Phi) is 3.87. The van der Waals surface area contributed by atoms with E-state index in [1.807, 2.05) is 18.7 Å². The van der Waals surface area contributed by atoms with Crippen LogP contribution in [-0.2, 0) is 9.59 Å². The summed E-state index contributed by atoms with van der Waals surface area (Å²) in [5.74, 6) is 5.58. The fraction of sp³-hybridized carbons (Fsp3) is 0.833. The summed E-state index contributed by atoms with van der Waals surface area (Å²) in [6.07, 6.45) is 1.55. The molecule has 2 unspecified atom stereocenters. The van der Waals surface area contributed by atoms with E-state index in [2.05, 4.69) is 10.3 Å². The summed E-state index contributed by atoms with van der Waals surface area (Å²) in [6, 6.07) is 0.0749. The second-order valence-electron chi connectivity index (χ2n) is 5.47. The van der Waals surface area contributed by atoms with Crippen molar-refractivity contribution in [3.8, 4) is 0 Å². The zero-order chi connectivity index (χ0) is 13.3. The van der Waals surface area contributed by atoms with Crippen molar-refractivity contribution in [3.63, 3.8) is 0 Å². The van der Waals surface area contributed by atoms with Crippen LogP contribution in [0.15, 0.2) is 0 Å². The van der Waals surface area contributed by atoms with E-state index >= 15 is 0 Å². The van der Waals surface area contributed by atoms with Crippen LogP contribution in [0.1, 0.15) is 26.7 Å². The maximum atomic E-state index is 11.9. The maximum Gasteiger partial charge on any atom is 0.251 e. The number of rotatable bonds is 3. The molecule has 0 spiro atoms. The summed E-state index contributed by atoms with van der Waals surface area (Å²) in [5.41, 5.74) is 2.25. The molecule has 102 valence electrons. The molecule has 2 atom stereocenters. The lowest BCUT2D eigenvalue weighted by molar-refractivity contribution is -0.133. The van der Waals surface area contributed by atoms with Gasteiger partial charge in [-0.15, -0.1) is 0 Å². The van der Waals surface area contributed by atoms with Gasteiger partial charge >= 0.3 is 0 Å². The summed E-state index contributed by atoms with van der Waals surface area (Å²) in [5, 5.41) is 0. The Morgan fingerprint density at radius 1 is 1.44 bits per heavy atom. The minimum Gasteiger partial charge on any atom is -0.337 e. The molecule has 6 nitrogen and oxygen atoms in total. The molecule has 6 heteroatoms. The SMILES string of the molecule is CC(C)C(C(=O)NN)N1CCN2C(=O)CCC2C1. The predicted octanol–water partition coefficient (Wildman–Crippen LogP) is -0.692. The number of amides is 2. The fourth-order valence-corrected chi connectivity index (χ4v) is 3.12. The van der Waals surface area contributed by atoms with Gasteiger partial charge in [0.15, 0.2) is 0 Å². The van der Waals surface area contributed by atoms with E-state index < -0.39 is 0 Å². The molecule has 0 saturated carbocycles. The highest BCUT2D eigenvalue weighted by Crippen LogP contribution is 2.25. The van der Waals surface area contributed by atoms with Crippen LogP contribution in [0.5, 0.6) is 0 Å². The summed E-state index contributed by atoms with van der Waals surface area (Å²) < 4.78 is 0. The number of nitrogens with one attached hydrogen (secondary N) is 1. The van der Waals surface area contributed by atoms with E-state index in [-0.39, 0.29) is 29.8 Å². The Labute approximate surface area is 107 Å². The maximum absolute atomic E-state index is 11.9. The van der Waals surface area contributed by atoms with Crippen molar-refractivity contribution in [1.82, 2.24) is 15.2 Å². The van der Waals surface area contributed by atoms with Gasteiger partial charge in [-0.05, 0) is 12.3 Å². The number of carbonyl (C=O) groups excluding carboxylic acids is 2. The zero-order valence-electron chi connectivity index (χ0n) is 11.1. The first kappa shape index (κ1) is 13.3. The average molecular weight is 254 g/mol. The van der Waals surface area contributed by atoms with Crippen molar-refractivity contribution in [3.05, 3.63) is 0 Å². The lowest BCUT2D eigenvalue weighted by atomic mass is 9.99. The number of hydrogen-bond donors (Lipinski definition) is 2. The highest BCUT2D eigenvalue weighted by Gasteiger charge is 2.39. The van der Waals surface area contributed by atoms with Crippen molar-refractivity contribution in [2.75, 3.05) is 19.6 Å². The normalized spacial score (nSPS) is 26.3. The van der Waals surface area contributed by atoms with Crippen LogP contribution in [-0.4, -0.2) is 53.3 Å². The lowest BCUT2D eigenvalue weighted by Gasteiger charge is -2.42. The van der Waals surface area contributed by atoms with E-state index in [1.54, 1.807) is 0 Å². The Balaban J connectivity index is 2.05. The first-order chi connectivity index (χ1) is 8.54. The molecule has 2 rings (SSSR count). The van der Waals surface area contributed by atoms with E-state index in [0.717, 1.165) is 26.1 Å². The standard InChI is InChI=1S/C12H22N4O2/c1-8(2)11(12(18)14-13)15-5-6-16-9(7-15)3-4-10(16)17/h8-9,11H,3-7,13H2,1-2H3,(H,14,18). The van der Waals surface area contributed by atoms with Crippen LogP contribution in [0.3, 0.4) is 0 Å². The van der Waals surface area contributed by atoms with Gasteiger partial charge in [0.25, 0.3) is 5.91 Å². The fourth-order valence-electron chi connectivity index (χ4n) is 3.12. The lowest BCUT2D eigenvalue weighted by Crippen LogP contribution is -2.60. The molecule has 2 fully saturated rings. The minimum absolute atomic E-state index is 0.136. The third-order valence-electron chi connectivity index (χ3n) is 3.96. The van der Waals surface area contributed by atoms with Crippen molar-refractivity contribution >= 4 is 11.8 Å². The monoisotopic (exact) mass is 254 g/mol. The highest BCUT2D eigenvalue weighted by molar-refractivity contribution is 5.82. The molecule has 0 radical (unpaired) electrons. The van der Waals surface area contributed by atoms with Gasteiger partial charge in [0.1, 0.15) is 0 Å². The molecule has 2 aliphatic heterocycles. The zero-order valence-corrected chi connectivity index (χ0v) is 11.1. The number of nitrogens with zero attached hydrogens (tertiary/aromatic N) is 2. The van der Waals surface area contributed by atoms with Crippen LogP contribution in [0.4, 0.5) is 0 Å². The second-order valence-corrected chi connectivity index (χ2v) is 5.47. The molecule has 0 aromatic carbocycles. The molecule has 0 aliphatic carbocycles. The molecule has 2 heterocycles. The quantitative estimate of drug-likeness (QED) is 0.397. The molecule has 0 bridgehead atoms. The van der Waals surface area contributed by atoms with Gasteiger partial charge in [0.2, 0.25) is 5.91 Å². The second kappa shape index (κ2) is 5.24. The number of piperazine rings is 1. The van der Waals surface area contributed by atoms with E-state index in [0.29, 0.717) is 6.42 Å². The first-order valence-electron chi connectivity index (χ1n) is 6.58. The smallest absolute Gasteiger partial charge is 0.251 e. The summed E-state index contributed by atoms with van der Waals surface area (Å²) in [6.45, 7) is 6.29. The van der Waals surface area contributed by atoms with Gasteiger partial charge in [0.05, 0.1) is 6.04 Å². The van der Waals surface area contributed by atoms with Crippen LogP contribution < -0.4 is 11.3 Å². The van der Waals surface area contributed by atoms with Crippen molar-refractivity contribution < 1.29 is 9.59 Å². The number of fused-ring (bicyclic) bond motifs is 1. The molecule has 0 aromatic heterocycles. The van der Waals surface area contributed by atoms with E-state index in [4.69, 9.17) is 5.84 Å². The first-order valence-corrected chi connectivity index (χ1v) is 6.58. The minimum atomic E-state index is -0.201. The third kappa shape index (κ3) is 2.35. The van der Waals surface area contributed by atoms with Gasteiger partial charge < -0.3 is 4.90 Å². The molecule has 0 aromatic rings. The van der Waals surface area contributed by atoms with E-state index in [1.165, 1.54) is 0 Å². The summed E-state index contributed by atoms with van der Waals surface area (Å²) in [7, 11) is 0. The van der Waals surface area contributed by atoms with Gasteiger partial charge in [-0.3, -0.25) is 19.9 Å². The highest BCUT2D eigenvalue weighted by atomic mass is 16.2. The Hall–Kier alpha value is -1.14. The molecule has 18 heavy (non-hydrogen) atoms. The molecule has 2 saturated heterocycles. The van der Waals surface area contributed by atoms with Gasteiger partial charge in [0, 0.05) is 32.1 Å². The third-order valence-corrected chi connectivity index (χ3v) is 3.96. The van der Waals surface area contributed by atoms with Crippen molar-refractivity contribution in [2.24, 2.45) is 11.8 Å². The largest absolute Gasteiger partial charge is 0.337 e. The number of nitrogens with two attached hydrogens (primary N) is 1. The van der Waals surface area contributed by atoms with Crippen LogP contribution in [0.25, 0.3) is 0 Å². The Bertz CT molecular complexity index is 345. The molecule has 2 amide bonds. The number of hydrogen-bond acceptors (Lipinski definition) is 4. The van der Waals surface area contributed by atoms with Crippen LogP contribution >= 0.6 is 0 Å². The van der Waals surface area contributed by atoms with Gasteiger partial charge in [-0.25, -0.2) is 5.84 Å². The molecular formula is C12H22N4O2. The van der Waals surface area contributed by atoms with E-state index in [9.17, 15) is 9.59 Å².